The van der Waals surface area contributed by atoms with Gasteiger partial charge in [0.05, 0.1) is 6.54 Å². The maximum atomic E-state index is 12.9. The Bertz CT molecular complexity index is 831. The number of hydrogen-bond acceptors (Lipinski definition) is 6. The van der Waals surface area contributed by atoms with Crippen molar-refractivity contribution in [2.45, 2.75) is 25.4 Å². The van der Waals surface area contributed by atoms with Crippen LogP contribution in [0.2, 0.25) is 0 Å². The average Bonchev–Trinajstić information content (AvgIpc) is 3.34. The van der Waals surface area contributed by atoms with Crippen LogP contribution in [0.15, 0.2) is 42.9 Å². The van der Waals surface area contributed by atoms with Crippen LogP contribution in [-0.2, 0) is 6.54 Å². The maximum Gasteiger partial charge on any atom is 0.226 e. The Morgan fingerprint density at radius 2 is 2.04 bits per heavy atom. The number of benzene rings is 1. The number of aromatic nitrogens is 5. The second-order valence-corrected chi connectivity index (χ2v) is 5.51. The summed E-state index contributed by atoms with van der Waals surface area (Å²) in [5, 5.41) is 11.2. The fraction of sp³-hybridized carbons (Fsp3) is 0.250. The summed E-state index contributed by atoms with van der Waals surface area (Å²) < 4.78 is 20.6. The molecule has 0 bridgehead atoms. The van der Waals surface area contributed by atoms with E-state index >= 15 is 0 Å². The highest BCUT2D eigenvalue weighted by Crippen LogP contribution is 2.35. The summed E-state index contributed by atoms with van der Waals surface area (Å²) in [5.74, 6) is 1.86. The van der Waals surface area contributed by atoms with Crippen molar-refractivity contribution >= 4 is 5.95 Å². The van der Waals surface area contributed by atoms with Crippen molar-refractivity contribution in [1.82, 2.24) is 24.7 Å². The first-order valence-corrected chi connectivity index (χ1v) is 7.67. The molecule has 7 nitrogen and oxygen atoms in total. The van der Waals surface area contributed by atoms with Gasteiger partial charge in [0.1, 0.15) is 17.9 Å². The van der Waals surface area contributed by atoms with E-state index in [-0.39, 0.29) is 5.82 Å². The van der Waals surface area contributed by atoms with E-state index in [1.807, 2.05) is 0 Å². The van der Waals surface area contributed by atoms with Crippen molar-refractivity contribution in [2.24, 2.45) is 0 Å². The van der Waals surface area contributed by atoms with Gasteiger partial charge in [-0.2, -0.15) is 4.98 Å². The molecule has 1 aromatic carbocycles. The number of hydrogen-bond donors (Lipinski definition) is 1. The number of halogens is 1. The molecule has 2 aromatic heterocycles. The normalized spacial score (nSPS) is 13.7. The second-order valence-electron chi connectivity index (χ2n) is 5.51. The minimum Gasteiger partial charge on any atom is -0.439 e. The number of ether oxygens (including phenoxy) is 1. The lowest BCUT2D eigenvalue weighted by Gasteiger charge is -2.08. The standard InChI is InChI=1S/C16H15FN6O/c17-11-1-5-13(6-2-11)24-15-7-8-18-16(21-15)19-9-14-22-20-10-23(14)12-3-4-12/h1-2,5-8,10,12H,3-4,9H2,(H,18,19,21). The summed E-state index contributed by atoms with van der Waals surface area (Å²) in [6.07, 6.45) is 5.69. The Balaban J connectivity index is 1.42. The predicted molar refractivity (Wildman–Crippen MR) is 84.1 cm³/mol. The fourth-order valence-electron chi connectivity index (χ4n) is 2.32. The monoisotopic (exact) mass is 326 g/mol. The molecule has 1 fully saturated rings. The van der Waals surface area contributed by atoms with Crippen LogP contribution in [0.4, 0.5) is 10.3 Å². The third-order valence-corrected chi connectivity index (χ3v) is 3.66. The minimum absolute atomic E-state index is 0.313. The van der Waals surface area contributed by atoms with Crippen molar-refractivity contribution in [3.63, 3.8) is 0 Å². The number of nitrogens with zero attached hydrogens (tertiary/aromatic N) is 5. The molecule has 0 saturated heterocycles. The van der Waals surface area contributed by atoms with E-state index < -0.39 is 0 Å². The van der Waals surface area contributed by atoms with Gasteiger partial charge in [-0.25, -0.2) is 9.37 Å². The van der Waals surface area contributed by atoms with Crippen LogP contribution in [0.25, 0.3) is 0 Å². The number of rotatable bonds is 6. The Kier molecular flexibility index (Phi) is 3.78. The highest BCUT2D eigenvalue weighted by Gasteiger charge is 2.25. The largest absolute Gasteiger partial charge is 0.439 e. The van der Waals surface area contributed by atoms with Gasteiger partial charge >= 0.3 is 0 Å². The van der Waals surface area contributed by atoms with E-state index in [1.54, 1.807) is 30.7 Å². The van der Waals surface area contributed by atoms with Crippen LogP contribution < -0.4 is 10.1 Å². The molecular weight excluding hydrogens is 311 g/mol. The molecule has 1 saturated carbocycles. The van der Waals surface area contributed by atoms with Gasteiger partial charge in [0.25, 0.3) is 0 Å². The first kappa shape index (κ1) is 14.6. The van der Waals surface area contributed by atoms with Crippen LogP contribution >= 0.6 is 0 Å². The smallest absolute Gasteiger partial charge is 0.226 e. The van der Waals surface area contributed by atoms with Crippen molar-refractivity contribution < 1.29 is 9.13 Å². The van der Waals surface area contributed by atoms with Gasteiger partial charge in [-0.1, -0.05) is 0 Å². The average molecular weight is 326 g/mol. The Labute approximate surface area is 137 Å². The van der Waals surface area contributed by atoms with E-state index in [1.165, 1.54) is 25.0 Å². The van der Waals surface area contributed by atoms with Crippen LogP contribution in [0, 0.1) is 5.82 Å². The molecule has 0 atom stereocenters. The van der Waals surface area contributed by atoms with Crippen molar-refractivity contribution in [3.8, 4) is 11.6 Å². The van der Waals surface area contributed by atoms with Crippen LogP contribution in [0.3, 0.4) is 0 Å². The Morgan fingerprint density at radius 1 is 1.21 bits per heavy atom. The molecule has 1 N–H and O–H groups in total. The van der Waals surface area contributed by atoms with Gasteiger partial charge < -0.3 is 14.6 Å². The minimum atomic E-state index is -0.313. The molecule has 0 spiro atoms. The number of anilines is 1. The van der Waals surface area contributed by atoms with E-state index in [9.17, 15) is 4.39 Å². The summed E-state index contributed by atoms with van der Waals surface area (Å²) in [4.78, 5) is 8.45. The summed E-state index contributed by atoms with van der Waals surface area (Å²) in [5.41, 5.74) is 0. The summed E-state index contributed by atoms with van der Waals surface area (Å²) in [7, 11) is 0. The van der Waals surface area contributed by atoms with Crippen molar-refractivity contribution in [3.05, 3.63) is 54.5 Å². The third-order valence-electron chi connectivity index (χ3n) is 3.66. The molecule has 0 unspecified atom stereocenters. The van der Waals surface area contributed by atoms with Gasteiger partial charge in [0.2, 0.25) is 11.8 Å². The first-order chi connectivity index (χ1) is 11.8. The first-order valence-electron chi connectivity index (χ1n) is 7.67. The highest BCUT2D eigenvalue weighted by molar-refractivity contribution is 5.31. The summed E-state index contributed by atoms with van der Waals surface area (Å²) in [6, 6.07) is 7.92. The summed E-state index contributed by atoms with van der Waals surface area (Å²) >= 11 is 0. The molecule has 24 heavy (non-hydrogen) atoms. The molecule has 122 valence electrons. The van der Waals surface area contributed by atoms with Crippen LogP contribution in [-0.4, -0.2) is 24.7 Å². The molecule has 0 radical (unpaired) electrons. The molecule has 3 aromatic rings. The van der Waals surface area contributed by atoms with Crippen LogP contribution in [0.5, 0.6) is 11.6 Å². The lowest BCUT2D eigenvalue weighted by Crippen LogP contribution is -2.09. The van der Waals surface area contributed by atoms with Gasteiger partial charge in [-0.3, -0.25) is 0 Å². The molecule has 2 heterocycles. The SMILES string of the molecule is Fc1ccc(Oc2ccnc(NCc3nncn3C3CC3)n2)cc1. The van der Waals surface area contributed by atoms with Crippen molar-refractivity contribution in [1.29, 1.82) is 0 Å². The second kappa shape index (κ2) is 6.23. The fourth-order valence-corrected chi connectivity index (χ4v) is 2.32. The Hall–Kier alpha value is -3.03. The Morgan fingerprint density at radius 3 is 2.83 bits per heavy atom. The predicted octanol–water partition coefficient (Wildman–Crippen LogP) is 2.95. The summed E-state index contributed by atoms with van der Waals surface area (Å²) in [6.45, 7) is 0.483. The highest BCUT2D eigenvalue weighted by atomic mass is 19.1. The molecule has 0 aliphatic heterocycles. The topological polar surface area (TPSA) is 77.8 Å². The molecule has 1 aliphatic rings. The zero-order chi connectivity index (χ0) is 16.4. The van der Waals surface area contributed by atoms with Gasteiger partial charge in [-0.15, -0.1) is 10.2 Å². The maximum absolute atomic E-state index is 12.9. The molecule has 8 heteroatoms. The van der Waals surface area contributed by atoms with Crippen LogP contribution in [0.1, 0.15) is 24.7 Å². The van der Waals surface area contributed by atoms with E-state index in [0.717, 1.165) is 5.82 Å². The third kappa shape index (κ3) is 3.32. The lowest BCUT2D eigenvalue weighted by molar-refractivity contribution is 0.460. The van der Waals surface area contributed by atoms with Gasteiger partial charge in [0.15, 0.2) is 5.82 Å². The van der Waals surface area contributed by atoms with E-state index in [0.29, 0.717) is 30.2 Å². The molecule has 1 aliphatic carbocycles. The molecule has 0 amide bonds. The van der Waals surface area contributed by atoms with E-state index in [4.69, 9.17) is 4.74 Å². The quantitative estimate of drug-likeness (QED) is 0.750. The number of nitrogens with one attached hydrogen (secondary N) is 1. The zero-order valence-electron chi connectivity index (χ0n) is 12.8. The van der Waals surface area contributed by atoms with E-state index in [2.05, 4.69) is 30.0 Å². The molecule has 4 rings (SSSR count). The van der Waals surface area contributed by atoms with Gasteiger partial charge in [0, 0.05) is 18.3 Å². The molecular formula is C16H15FN6O. The lowest BCUT2D eigenvalue weighted by atomic mass is 10.3. The zero-order valence-corrected chi connectivity index (χ0v) is 12.8. The van der Waals surface area contributed by atoms with Gasteiger partial charge in [-0.05, 0) is 37.1 Å². The van der Waals surface area contributed by atoms with Crippen molar-refractivity contribution in [2.75, 3.05) is 5.32 Å².